The number of hydrogen-bond donors (Lipinski definition) is 3. The van der Waals surface area contributed by atoms with Gasteiger partial charge in [0.05, 0.1) is 10.9 Å². The van der Waals surface area contributed by atoms with Crippen LogP contribution in [0.3, 0.4) is 0 Å². The van der Waals surface area contributed by atoms with E-state index in [1.165, 1.54) is 29.1 Å². The molecule has 9 heteroatoms. The third kappa shape index (κ3) is 8.34. The van der Waals surface area contributed by atoms with E-state index in [1.807, 2.05) is 23.5 Å². The second-order valence-electron chi connectivity index (χ2n) is 7.06. The van der Waals surface area contributed by atoms with Crippen molar-refractivity contribution in [1.82, 2.24) is 15.5 Å². The Hall–Kier alpha value is -0.390. The van der Waals surface area contributed by atoms with Crippen LogP contribution in [0.4, 0.5) is 0 Å². The molecule has 2 aromatic heterocycles. The first kappa shape index (κ1) is 24.9. The molecule has 0 saturated carbocycles. The number of nitrogens with one attached hydrogen (secondary N) is 2. The van der Waals surface area contributed by atoms with Gasteiger partial charge in [0, 0.05) is 29.4 Å². The third-order valence-electron chi connectivity index (χ3n) is 4.91. The van der Waals surface area contributed by atoms with E-state index >= 15 is 0 Å². The maximum Gasteiger partial charge on any atom is 0.191 e. The molecule has 3 N–H and O–H groups in total. The number of aliphatic hydroxyl groups is 1. The Kier molecular flexibility index (Phi) is 11.2. The van der Waals surface area contributed by atoms with Crippen LogP contribution in [0.25, 0.3) is 0 Å². The van der Waals surface area contributed by atoms with E-state index in [0.717, 1.165) is 43.6 Å². The smallest absolute Gasteiger partial charge is 0.191 e. The summed E-state index contributed by atoms with van der Waals surface area (Å²) in [4.78, 5) is 9.39. The number of rotatable bonds is 8. The zero-order chi connectivity index (χ0) is 19.8. The lowest BCUT2D eigenvalue weighted by Gasteiger charge is -2.32. The van der Waals surface area contributed by atoms with Crippen molar-refractivity contribution < 1.29 is 5.11 Å². The molecule has 162 valence electrons. The molecule has 3 rings (SSSR count). The lowest BCUT2D eigenvalue weighted by molar-refractivity contribution is 0.179. The fraction of sp³-hybridized carbons (Fsp3) is 0.550. The molecular formula is C20H30ClIN4OS2. The molecular weight excluding hydrogens is 539 g/mol. The number of halogens is 2. The van der Waals surface area contributed by atoms with Gasteiger partial charge in [-0.15, -0.1) is 46.7 Å². The first-order chi connectivity index (χ1) is 13.6. The summed E-state index contributed by atoms with van der Waals surface area (Å²) in [7, 11) is 0. The molecule has 1 aliphatic rings. The zero-order valence-corrected chi connectivity index (χ0v) is 21.4. The van der Waals surface area contributed by atoms with Crippen molar-refractivity contribution >= 4 is 64.2 Å². The molecule has 0 bridgehead atoms. The van der Waals surface area contributed by atoms with E-state index in [9.17, 15) is 5.11 Å². The highest BCUT2D eigenvalue weighted by atomic mass is 127. The lowest BCUT2D eigenvalue weighted by atomic mass is 9.97. The first-order valence-electron chi connectivity index (χ1n) is 9.84. The van der Waals surface area contributed by atoms with Gasteiger partial charge >= 0.3 is 0 Å². The normalized spacial score (nSPS) is 17.0. The number of hydrogen-bond acceptors (Lipinski definition) is 5. The maximum absolute atomic E-state index is 10.3. The van der Waals surface area contributed by atoms with E-state index in [2.05, 4.69) is 45.0 Å². The summed E-state index contributed by atoms with van der Waals surface area (Å²) in [6, 6.07) is 8.01. The van der Waals surface area contributed by atoms with Crippen molar-refractivity contribution in [3.63, 3.8) is 0 Å². The van der Waals surface area contributed by atoms with Gasteiger partial charge in [0.25, 0.3) is 0 Å². The van der Waals surface area contributed by atoms with Gasteiger partial charge in [-0.05, 0) is 62.4 Å². The van der Waals surface area contributed by atoms with Gasteiger partial charge in [0.1, 0.15) is 6.10 Å². The highest BCUT2D eigenvalue weighted by molar-refractivity contribution is 14.0. The quantitative estimate of drug-likeness (QED) is 0.248. The lowest BCUT2D eigenvalue weighted by Crippen LogP contribution is -2.42. The minimum atomic E-state index is -0.617. The van der Waals surface area contributed by atoms with Gasteiger partial charge in [0.2, 0.25) is 0 Å². The Bertz CT molecular complexity index is 733. The topological polar surface area (TPSA) is 59.9 Å². The Morgan fingerprint density at radius 1 is 1.31 bits per heavy atom. The summed E-state index contributed by atoms with van der Waals surface area (Å²) in [5, 5.41) is 19.2. The van der Waals surface area contributed by atoms with Crippen molar-refractivity contribution in [2.75, 3.05) is 32.7 Å². The van der Waals surface area contributed by atoms with E-state index in [1.54, 1.807) is 0 Å². The number of aliphatic imine (C=N–C) groups is 1. The zero-order valence-electron chi connectivity index (χ0n) is 16.6. The molecule has 1 aliphatic heterocycles. The number of likely N-dealkylation sites (tertiary alicyclic amines) is 1. The van der Waals surface area contributed by atoms with Crippen LogP contribution < -0.4 is 10.6 Å². The second kappa shape index (κ2) is 13.1. The van der Waals surface area contributed by atoms with Crippen LogP contribution >= 0.6 is 58.3 Å². The molecule has 0 aromatic carbocycles. The van der Waals surface area contributed by atoms with Crippen molar-refractivity contribution in [3.05, 3.63) is 43.7 Å². The number of piperidine rings is 1. The maximum atomic E-state index is 10.3. The van der Waals surface area contributed by atoms with Gasteiger partial charge in [-0.3, -0.25) is 9.89 Å². The van der Waals surface area contributed by atoms with Gasteiger partial charge in [-0.25, -0.2) is 0 Å². The minimum absolute atomic E-state index is 0. The Balaban J connectivity index is 0.00000300. The number of nitrogens with zero attached hydrogens (tertiary/aromatic N) is 2. The fourth-order valence-corrected chi connectivity index (χ4v) is 5.11. The Labute approximate surface area is 203 Å². The summed E-state index contributed by atoms with van der Waals surface area (Å²) in [5.74, 6) is 1.43. The standard InChI is InChI=1S/C20H29ClN4OS2.HI/c1-2-22-20(24-13-17(26)18-5-6-19(21)28-18)23-12-15-7-9-25(10-8-15)14-16-4-3-11-27-16;/h3-6,11,15,17,26H,2,7-10,12-14H2,1H3,(H2,22,23,24);1H. The van der Waals surface area contributed by atoms with Crippen molar-refractivity contribution in [2.45, 2.75) is 32.4 Å². The largest absolute Gasteiger partial charge is 0.386 e. The molecule has 0 radical (unpaired) electrons. The summed E-state index contributed by atoms with van der Waals surface area (Å²) >= 11 is 9.19. The van der Waals surface area contributed by atoms with Crippen LogP contribution in [0.5, 0.6) is 0 Å². The molecule has 0 aliphatic carbocycles. The van der Waals surface area contributed by atoms with E-state index in [0.29, 0.717) is 16.8 Å². The van der Waals surface area contributed by atoms with Gasteiger partial charge < -0.3 is 15.7 Å². The van der Waals surface area contributed by atoms with Gasteiger partial charge in [-0.2, -0.15) is 0 Å². The Morgan fingerprint density at radius 3 is 2.72 bits per heavy atom. The Morgan fingerprint density at radius 2 is 2.10 bits per heavy atom. The van der Waals surface area contributed by atoms with Crippen LogP contribution in [-0.2, 0) is 6.54 Å². The van der Waals surface area contributed by atoms with E-state index in [4.69, 9.17) is 11.6 Å². The third-order valence-corrected chi connectivity index (χ3v) is 7.11. The fourth-order valence-electron chi connectivity index (χ4n) is 3.33. The van der Waals surface area contributed by atoms with Crippen LogP contribution in [0.2, 0.25) is 4.34 Å². The molecule has 3 heterocycles. The molecule has 1 saturated heterocycles. The van der Waals surface area contributed by atoms with Crippen LogP contribution in [0.1, 0.15) is 35.6 Å². The minimum Gasteiger partial charge on any atom is -0.386 e. The van der Waals surface area contributed by atoms with Crippen molar-refractivity contribution in [2.24, 2.45) is 10.9 Å². The first-order valence-corrected chi connectivity index (χ1v) is 11.9. The molecule has 5 nitrogen and oxygen atoms in total. The molecule has 0 spiro atoms. The van der Waals surface area contributed by atoms with E-state index in [-0.39, 0.29) is 24.0 Å². The van der Waals surface area contributed by atoms with Gasteiger partial charge in [0.15, 0.2) is 5.96 Å². The molecule has 1 fully saturated rings. The average molecular weight is 569 g/mol. The van der Waals surface area contributed by atoms with Crippen LogP contribution in [0.15, 0.2) is 34.6 Å². The number of thiophene rings is 2. The summed E-state index contributed by atoms with van der Waals surface area (Å²) < 4.78 is 0.688. The number of guanidine groups is 1. The number of aliphatic hydroxyl groups excluding tert-OH is 1. The average Bonchev–Trinajstić information content (AvgIpc) is 3.36. The molecule has 0 amide bonds. The summed E-state index contributed by atoms with van der Waals surface area (Å²) in [5.41, 5.74) is 0. The predicted octanol–water partition coefficient (Wildman–Crippen LogP) is 4.58. The monoisotopic (exact) mass is 568 g/mol. The summed E-state index contributed by atoms with van der Waals surface area (Å²) in [6.45, 7) is 7.46. The van der Waals surface area contributed by atoms with Crippen LogP contribution in [-0.4, -0.2) is 48.7 Å². The highest BCUT2D eigenvalue weighted by Gasteiger charge is 2.20. The second-order valence-corrected chi connectivity index (χ2v) is 9.84. The van der Waals surface area contributed by atoms with Crippen molar-refractivity contribution in [3.8, 4) is 0 Å². The molecule has 29 heavy (non-hydrogen) atoms. The van der Waals surface area contributed by atoms with Gasteiger partial charge in [-0.1, -0.05) is 17.7 Å². The highest BCUT2D eigenvalue weighted by Crippen LogP contribution is 2.27. The summed E-state index contributed by atoms with van der Waals surface area (Å²) in [6.07, 6.45) is 1.79. The van der Waals surface area contributed by atoms with E-state index < -0.39 is 6.10 Å². The predicted molar refractivity (Wildman–Crippen MR) is 136 cm³/mol. The van der Waals surface area contributed by atoms with Crippen molar-refractivity contribution in [1.29, 1.82) is 0 Å². The van der Waals surface area contributed by atoms with Crippen LogP contribution in [0, 0.1) is 5.92 Å². The molecule has 1 atom stereocenters. The SMILES string of the molecule is CCNC(=NCC(O)c1ccc(Cl)s1)NCC1CCN(Cc2cccs2)CC1.I. The molecule has 1 unspecified atom stereocenters. The molecule has 2 aromatic rings.